The summed E-state index contributed by atoms with van der Waals surface area (Å²) in [5.74, 6) is -0.388. The lowest BCUT2D eigenvalue weighted by Crippen LogP contribution is -2.36. The first-order valence-electron chi connectivity index (χ1n) is 9.79. The summed E-state index contributed by atoms with van der Waals surface area (Å²) < 4.78 is 19.4. The van der Waals surface area contributed by atoms with Crippen LogP contribution in [0.15, 0.2) is 48.7 Å². The maximum Gasteiger partial charge on any atom is 0.227 e. The van der Waals surface area contributed by atoms with E-state index >= 15 is 0 Å². The number of rotatable bonds is 5. The largest absolute Gasteiger partial charge is 0.378 e. The third-order valence-corrected chi connectivity index (χ3v) is 5.04. The van der Waals surface area contributed by atoms with E-state index in [0.29, 0.717) is 41.1 Å². The number of hydrogen-bond acceptors (Lipinski definition) is 6. The van der Waals surface area contributed by atoms with E-state index in [4.69, 9.17) is 16.3 Å². The van der Waals surface area contributed by atoms with Crippen molar-refractivity contribution >= 4 is 40.5 Å². The number of anilines is 4. The van der Waals surface area contributed by atoms with Crippen molar-refractivity contribution < 1.29 is 13.9 Å². The number of carbonyl (C=O) groups is 1. The maximum atomic E-state index is 14.0. The van der Waals surface area contributed by atoms with Crippen LogP contribution in [0.3, 0.4) is 0 Å². The summed E-state index contributed by atoms with van der Waals surface area (Å²) in [6, 6.07) is 11.6. The summed E-state index contributed by atoms with van der Waals surface area (Å²) >= 11 is 6.40. The summed E-state index contributed by atoms with van der Waals surface area (Å²) in [6.45, 7) is 4.23. The van der Waals surface area contributed by atoms with Crippen LogP contribution in [0.5, 0.6) is 0 Å². The first-order chi connectivity index (χ1) is 15.0. The van der Waals surface area contributed by atoms with Gasteiger partial charge in [0.05, 0.1) is 29.6 Å². The summed E-state index contributed by atoms with van der Waals surface area (Å²) in [5.41, 5.74) is 3.10. The highest BCUT2D eigenvalue weighted by Gasteiger charge is 2.15. The molecular weight excluding hydrogens is 421 g/mol. The molecule has 7 nitrogen and oxygen atoms in total. The normalized spacial score (nSPS) is 13.7. The minimum atomic E-state index is -0.470. The summed E-state index contributed by atoms with van der Waals surface area (Å²) in [4.78, 5) is 22.2. The van der Waals surface area contributed by atoms with Gasteiger partial charge in [-0.2, -0.15) is 0 Å². The van der Waals surface area contributed by atoms with Crippen molar-refractivity contribution in [3.63, 3.8) is 0 Å². The van der Waals surface area contributed by atoms with E-state index in [0.717, 1.165) is 24.5 Å². The van der Waals surface area contributed by atoms with Gasteiger partial charge in [0, 0.05) is 43.1 Å². The smallest absolute Gasteiger partial charge is 0.227 e. The third kappa shape index (κ3) is 5.28. The van der Waals surface area contributed by atoms with Crippen LogP contribution in [-0.2, 0) is 9.53 Å². The fourth-order valence-corrected chi connectivity index (χ4v) is 3.60. The van der Waals surface area contributed by atoms with Crippen molar-refractivity contribution in [2.75, 3.05) is 41.8 Å². The number of hydrogen-bond donors (Lipinski definition) is 2. The monoisotopic (exact) mass is 441 g/mol. The van der Waals surface area contributed by atoms with Gasteiger partial charge in [0.1, 0.15) is 5.82 Å². The number of nitrogens with one attached hydrogen (secondary N) is 2. The quantitative estimate of drug-likeness (QED) is 0.608. The van der Waals surface area contributed by atoms with E-state index in [1.165, 1.54) is 19.1 Å². The van der Waals surface area contributed by atoms with Gasteiger partial charge in [-0.3, -0.25) is 4.79 Å². The SMILES string of the molecule is CC(=O)Nc1cc(F)cc(-c2ccnc(Nc3ccc(Cl)c(N4CCOCC4)c3)n2)c1. The number of benzene rings is 2. The molecule has 160 valence electrons. The molecule has 0 atom stereocenters. The topological polar surface area (TPSA) is 79.4 Å². The average molecular weight is 442 g/mol. The first kappa shape index (κ1) is 21.0. The van der Waals surface area contributed by atoms with Crippen LogP contribution in [0.25, 0.3) is 11.3 Å². The van der Waals surface area contributed by atoms with Gasteiger partial charge in [-0.1, -0.05) is 11.6 Å². The van der Waals surface area contributed by atoms with E-state index in [1.54, 1.807) is 18.3 Å². The average Bonchev–Trinajstić information content (AvgIpc) is 2.75. The fraction of sp³-hybridized carbons (Fsp3) is 0.227. The van der Waals surface area contributed by atoms with Crippen LogP contribution in [-0.4, -0.2) is 42.2 Å². The molecule has 1 saturated heterocycles. The molecule has 1 aliphatic heterocycles. The van der Waals surface area contributed by atoms with Gasteiger partial charge in [0.15, 0.2) is 0 Å². The van der Waals surface area contributed by atoms with Gasteiger partial charge in [0.25, 0.3) is 0 Å². The zero-order valence-corrected chi connectivity index (χ0v) is 17.6. The van der Waals surface area contributed by atoms with Crippen LogP contribution >= 0.6 is 11.6 Å². The minimum absolute atomic E-state index is 0.277. The standard InChI is InChI=1S/C22H21ClFN5O2/c1-14(30)26-18-11-15(10-16(24)12-18)20-4-5-25-22(28-20)27-17-2-3-19(23)21(13-17)29-6-8-31-9-7-29/h2-5,10-13H,6-9H2,1H3,(H,26,30)(H,25,27,28). The summed E-state index contributed by atoms with van der Waals surface area (Å²) in [7, 11) is 0. The molecule has 3 aromatic rings. The molecular formula is C22H21ClFN5O2. The van der Waals surface area contributed by atoms with Crippen LogP contribution in [0.4, 0.5) is 27.4 Å². The fourth-order valence-electron chi connectivity index (χ4n) is 3.36. The molecule has 9 heteroatoms. The molecule has 0 saturated carbocycles. The second kappa shape index (κ2) is 9.28. The van der Waals surface area contributed by atoms with Crippen molar-refractivity contribution in [1.82, 2.24) is 9.97 Å². The van der Waals surface area contributed by atoms with Crippen molar-refractivity contribution in [3.8, 4) is 11.3 Å². The zero-order valence-electron chi connectivity index (χ0n) is 16.9. The highest BCUT2D eigenvalue weighted by molar-refractivity contribution is 6.33. The molecule has 4 rings (SSSR count). The van der Waals surface area contributed by atoms with Crippen LogP contribution in [0, 0.1) is 5.82 Å². The van der Waals surface area contributed by atoms with Crippen molar-refractivity contribution in [1.29, 1.82) is 0 Å². The van der Waals surface area contributed by atoms with Gasteiger partial charge < -0.3 is 20.3 Å². The molecule has 31 heavy (non-hydrogen) atoms. The second-order valence-corrected chi connectivity index (χ2v) is 7.47. The number of halogens is 2. The van der Waals surface area contributed by atoms with Gasteiger partial charge in [-0.05, 0) is 42.5 Å². The lowest BCUT2D eigenvalue weighted by atomic mass is 10.1. The number of ether oxygens (including phenoxy) is 1. The molecule has 0 bridgehead atoms. The molecule has 2 heterocycles. The minimum Gasteiger partial charge on any atom is -0.378 e. The van der Waals surface area contributed by atoms with Gasteiger partial charge in [-0.25, -0.2) is 14.4 Å². The van der Waals surface area contributed by atoms with Gasteiger partial charge >= 0.3 is 0 Å². The van der Waals surface area contributed by atoms with Crippen LogP contribution in [0.2, 0.25) is 5.02 Å². The Morgan fingerprint density at radius 3 is 2.71 bits per heavy atom. The molecule has 0 spiro atoms. The Hall–Kier alpha value is -3.23. The molecule has 0 aliphatic carbocycles. The Labute approximate surface area is 184 Å². The number of morpholine rings is 1. The van der Waals surface area contributed by atoms with Crippen molar-refractivity contribution in [2.45, 2.75) is 6.92 Å². The van der Waals surface area contributed by atoms with Gasteiger partial charge in [-0.15, -0.1) is 0 Å². The molecule has 1 fully saturated rings. The summed E-state index contributed by atoms with van der Waals surface area (Å²) in [5, 5.41) is 6.43. The van der Waals surface area contributed by atoms with Gasteiger partial charge in [0.2, 0.25) is 11.9 Å². The second-order valence-electron chi connectivity index (χ2n) is 7.07. The predicted octanol–water partition coefficient (Wildman–Crippen LogP) is 4.47. The molecule has 2 N–H and O–H groups in total. The molecule has 2 aromatic carbocycles. The Balaban J connectivity index is 1.58. The Morgan fingerprint density at radius 2 is 1.94 bits per heavy atom. The molecule has 0 unspecified atom stereocenters. The molecule has 1 amide bonds. The molecule has 1 aliphatic rings. The van der Waals surface area contributed by atoms with E-state index < -0.39 is 5.82 Å². The van der Waals surface area contributed by atoms with E-state index in [9.17, 15) is 9.18 Å². The lowest BCUT2D eigenvalue weighted by Gasteiger charge is -2.29. The first-order valence-corrected chi connectivity index (χ1v) is 10.2. The molecule has 1 aromatic heterocycles. The maximum absolute atomic E-state index is 14.0. The predicted molar refractivity (Wildman–Crippen MR) is 119 cm³/mol. The number of nitrogens with zero attached hydrogens (tertiary/aromatic N) is 3. The number of carbonyl (C=O) groups excluding carboxylic acids is 1. The highest BCUT2D eigenvalue weighted by atomic mass is 35.5. The number of amides is 1. The Morgan fingerprint density at radius 1 is 1.13 bits per heavy atom. The van der Waals surface area contributed by atoms with Crippen molar-refractivity contribution in [3.05, 3.63) is 59.5 Å². The zero-order chi connectivity index (χ0) is 21.8. The Kier molecular flexibility index (Phi) is 6.29. The van der Waals surface area contributed by atoms with Crippen molar-refractivity contribution in [2.24, 2.45) is 0 Å². The van der Waals surface area contributed by atoms with E-state index in [2.05, 4.69) is 25.5 Å². The molecule has 0 radical (unpaired) electrons. The Bertz CT molecular complexity index is 1110. The van der Waals surface area contributed by atoms with Crippen LogP contribution in [0.1, 0.15) is 6.92 Å². The highest BCUT2D eigenvalue weighted by Crippen LogP contribution is 2.31. The lowest BCUT2D eigenvalue weighted by molar-refractivity contribution is -0.114. The number of aromatic nitrogens is 2. The van der Waals surface area contributed by atoms with E-state index in [-0.39, 0.29) is 5.91 Å². The third-order valence-electron chi connectivity index (χ3n) is 4.72. The van der Waals surface area contributed by atoms with E-state index in [1.807, 2.05) is 18.2 Å². The summed E-state index contributed by atoms with van der Waals surface area (Å²) in [6.07, 6.45) is 1.59. The van der Waals surface area contributed by atoms with Crippen LogP contribution < -0.4 is 15.5 Å².